The number of aliphatic hydroxyl groups is 1. The molecule has 0 saturated heterocycles. The summed E-state index contributed by atoms with van der Waals surface area (Å²) in [7, 11) is 1.28. The van der Waals surface area contributed by atoms with Crippen LogP contribution >= 0.6 is 0 Å². The predicted octanol–water partition coefficient (Wildman–Crippen LogP) is 3.12. The van der Waals surface area contributed by atoms with E-state index in [0.29, 0.717) is 17.5 Å². The number of fused-ring (bicyclic) bond motifs is 1. The molecule has 2 aromatic heterocycles. The van der Waals surface area contributed by atoms with Crippen LogP contribution in [0.1, 0.15) is 36.7 Å². The van der Waals surface area contributed by atoms with E-state index >= 15 is 0 Å². The molecular formula is C24H29FN4O5. The number of carbonyl (C=O) groups excluding carboxylic acids is 2. The van der Waals surface area contributed by atoms with Gasteiger partial charge in [-0.05, 0) is 36.6 Å². The van der Waals surface area contributed by atoms with E-state index in [1.165, 1.54) is 37.5 Å². The molecule has 34 heavy (non-hydrogen) atoms. The number of allylic oxidation sites excluding steroid dienone is 4. The van der Waals surface area contributed by atoms with E-state index in [1.807, 2.05) is 13.8 Å². The molecule has 0 unspecified atom stereocenters. The van der Waals surface area contributed by atoms with Crippen LogP contribution in [0.2, 0.25) is 0 Å². The first kappa shape index (κ1) is 27.8. The van der Waals surface area contributed by atoms with E-state index in [9.17, 15) is 29.0 Å². The van der Waals surface area contributed by atoms with Crippen LogP contribution in [0.3, 0.4) is 0 Å². The average molecular weight is 473 g/mol. The van der Waals surface area contributed by atoms with Crippen LogP contribution in [0.15, 0.2) is 59.5 Å². The summed E-state index contributed by atoms with van der Waals surface area (Å²) < 4.78 is 13.2. The van der Waals surface area contributed by atoms with Crippen molar-refractivity contribution in [1.82, 2.24) is 20.2 Å². The molecular weight excluding hydrogens is 443 g/mol. The van der Waals surface area contributed by atoms with Crippen LogP contribution in [-0.2, 0) is 11.2 Å². The summed E-state index contributed by atoms with van der Waals surface area (Å²) in [6.07, 6.45) is 7.09. The van der Waals surface area contributed by atoms with Crippen molar-refractivity contribution in [3.8, 4) is 5.75 Å². The number of nitrogens with one attached hydrogen (secondary N) is 2. The lowest BCUT2D eigenvalue weighted by molar-refractivity contribution is -0.119. The number of rotatable bonds is 8. The molecule has 0 aliphatic carbocycles. The molecule has 0 saturated carbocycles. The zero-order chi connectivity index (χ0) is 25.8. The Labute approximate surface area is 196 Å². The molecule has 0 spiro atoms. The van der Waals surface area contributed by atoms with Gasteiger partial charge >= 0.3 is 0 Å². The Morgan fingerprint density at radius 1 is 1.32 bits per heavy atom. The highest BCUT2D eigenvalue weighted by Gasteiger charge is 2.23. The van der Waals surface area contributed by atoms with Crippen molar-refractivity contribution in [2.45, 2.75) is 27.2 Å². The monoisotopic (exact) mass is 472 g/mol. The summed E-state index contributed by atoms with van der Waals surface area (Å²) in [5.74, 6) is -3.12. The number of hydrogen-bond acceptors (Lipinski definition) is 6. The largest absolute Gasteiger partial charge is 0.505 e. The minimum absolute atomic E-state index is 0.0398. The summed E-state index contributed by atoms with van der Waals surface area (Å²) in [5.41, 5.74) is -0.426. The van der Waals surface area contributed by atoms with E-state index < -0.39 is 34.4 Å². The highest BCUT2D eigenvalue weighted by Crippen LogP contribution is 2.26. The van der Waals surface area contributed by atoms with Crippen molar-refractivity contribution in [2.24, 2.45) is 0 Å². The molecule has 2 rings (SSSR count). The summed E-state index contributed by atoms with van der Waals surface area (Å²) in [4.78, 5) is 41.3. The molecule has 4 N–H and O–H groups in total. The molecule has 0 fully saturated rings. The first-order valence-electron chi connectivity index (χ1n) is 10.5. The standard InChI is InChI=1S/C22H23FN4O5.C2H6/c1-4-13(7-6-8-23)9-14-10-15-18(26-11-14)19(29)17(21(31)24-3)22(32)27(15)12-16(28)20(30)25-5-2;1-2/h4,6-8,10-12,28-29H,1,5,9H2,2-3H3,(H,24,31)(H,25,30);1-2H3/b8-6+,13-7+,16-12-;. The minimum atomic E-state index is -0.969. The molecule has 0 bridgehead atoms. The lowest BCUT2D eigenvalue weighted by Crippen LogP contribution is -2.31. The second kappa shape index (κ2) is 13.4. The fourth-order valence-corrected chi connectivity index (χ4v) is 2.89. The van der Waals surface area contributed by atoms with Crippen LogP contribution in [0.4, 0.5) is 4.39 Å². The maximum atomic E-state index is 13.0. The molecule has 182 valence electrons. The van der Waals surface area contributed by atoms with Gasteiger partial charge in [-0.3, -0.25) is 23.9 Å². The van der Waals surface area contributed by atoms with Gasteiger partial charge in [-0.15, -0.1) is 0 Å². The normalized spacial score (nSPS) is 11.7. The molecule has 0 aliphatic heterocycles. The minimum Gasteiger partial charge on any atom is -0.505 e. The van der Waals surface area contributed by atoms with Gasteiger partial charge in [0.05, 0.1) is 18.0 Å². The van der Waals surface area contributed by atoms with Crippen LogP contribution in [0.5, 0.6) is 5.75 Å². The Balaban J connectivity index is 0.00000281. The number of aliphatic hydroxyl groups excluding tert-OH is 1. The van der Waals surface area contributed by atoms with Gasteiger partial charge in [0, 0.05) is 19.8 Å². The summed E-state index contributed by atoms with van der Waals surface area (Å²) in [5, 5.41) is 25.3. The quantitative estimate of drug-likeness (QED) is 0.265. The van der Waals surface area contributed by atoms with Gasteiger partial charge in [-0.1, -0.05) is 32.6 Å². The Kier molecular flexibility index (Phi) is 10.9. The number of pyridine rings is 2. The number of halogens is 1. The molecule has 2 amide bonds. The van der Waals surface area contributed by atoms with Crippen LogP contribution in [-0.4, -0.2) is 45.2 Å². The molecule has 0 atom stereocenters. The van der Waals surface area contributed by atoms with Gasteiger partial charge in [0.1, 0.15) is 11.1 Å². The number of carbonyl (C=O) groups is 2. The fourth-order valence-electron chi connectivity index (χ4n) is 2.89. The third kappa shape index (κ3) is 6.41. The smallest absolute Gasteiger partial charge is 0.287 e. The van der Waals surface area contributed by atoms with E-state index in [4.69, 9.17) is 0 Å². The maximum Gasteiger partial charge on any atom is 0.287 e. The Morgan fingerprint density at radius 2 is 2.00 bits per heavy atom. The summed E-state index contributed by atoms with van der Waals surface area (Å²) in [6, 6.07) is 1.50. The van der Waals surface area contributed by atoms with Crippen LogP contribution in [0, 0.1) is 0 Å². The zero-order valence-electron chi connectivity index (χ0n) is 19.6. The van der Waals surface area contributed by atoms with Crippen molar-refractivity contribution in [2.75, 3.05) is 13.6 Å². The third-order valence-corrected chi connectivity index (χ3v) is 4.41. The number of aromatic hydroxyl groups is 1. The zero-order valence-corrected chi connectivity index (χ0v) is 19.6. The number of hydrogen-bond donors (Lipinski definition) is 4. The van der Waals surface area contributed by atoms with Gasteiger partial charge in [-0.25, -0.2) is 4.39 Å². The molecule has 9 nitrogen and oxygen atoms in total. The van der Waals surface area contributed by atoms with E-state index in [1.54, 1.807) is 6.92 Å². The molecule has 0 aliphatic rings. The Bertz CT molecular complexity index is 1210. The first-order chi connectivity index (χ1) is 16.3. The summed E-state index contributed by atoms with van der Waals surface area (Å²) in [6.45, 7) is 9.55. The molecule has 10 heteroatoms. The Morgan fingerprint density at radius 3 is 2.56 bits per heavy atom. The predicted molar refractivity (Wildman–Crippen MR) is 130 cm³/mol. The van der Waals surface area contributed by atoms with Gasteiger partial charge < -0.3 is 20.8 Å². The maximum absolute atomic E-state index is 13.0. The van der Waals surface area contributed by atoms with Crippen molar-refractivity contribution in [1.29, 1.82) is 0 Å². The van der Waals surface area contributed by atoms with Crippen molar-refractivity contribution in [3.05, 3.63) is 76.2 Å². The van der Waals surface area contributed by atoms with Gasteiger partial charge in [0.2, 0.25) is 0 Å². The highest BCUT2D eigenvalue weighted by atomic mass is 19.1. The molecule has 0 aromatic carbocycles. The molecule has 0 radical (unpaired) electrons. The fraction of sp³-hybridized carbons (Fsp3) is 0.250. The first-order valence-corrected chi connectivity index (χ1v) is 10.5. The Hall–Kier alpha value is -4.21. The van der Waals surface area contributed by atoms with Gasteiger partial charge in [0.25, 0.3) is 17.4 Å². The van der Waals surface area contributed by atoms with E-state index in [0.717, 1.165) is 10.8 Å². The number of nitrogens with zero attached hydrogens (tertiary/aromatic N) is 2. The van der Waals surface area contributed by atoms with E-state index in [-0.39, 0.29) is 24.0 Å². The average Bonchev–Trinajstić information content (AvgIpc) is 2.85. The van der Waals surface area contributed by atoms with Crippen molar-refractivity contribution in [3.63, 3.8) is 0 Å². The van der Waals surface area contributed by atoms with Crippen LogP contribution in [0.25, 0.3) is 17.2 Å². The van der Waals surface area contributed by atoms with Crippen molar-refractivity contribution < 1.29 is 24.2 Å². The number of aromatic nitrogens is 2. The highest BCUT2D eigenvalue weighted by molar-refractivity contribution is 6.02. The number of amides is 2. The number of likely N-dealkylation sites (N-methyl/N-ethyl adjacent to an activating group) is 1. The van der Waals surface area contributed by atoms with Crippen LogP contribution < -0.4 is 16.2 Å². The molecule has 2 heterocycles. The second-order valence-electron chi connectivity index (χ2n) is 6.50. The summed E-state index contributed by atoms with van der Waals surface area (Å²) >= 11 is 0. The lowest BCUT2D eigenvalue weighted by Gasteiger charge is -2.13. The third-order valence-electron chi connectivity index (χ3n) is 4.41. The second-order valence-corrected chi connectivity index (χ2v) is 6.50. The van der Waals surface area contributed by atoms with Crippen molar-refractivity contribution >= 4 is 29.0 Å². The van der Waals surface area contributed by atoms with Gasteiger partial charge in [0.15, 0.2) is 11.5 Å². The SMILES string of the molecule is C=C/C(=C\C=C\F)Cc1cnc2c(O)c(C(=O)NC)c(=O)n(/C=C(\O)C(=O)NCC)c2c1.CC. The lowest BCUT2D eigenvalue weighted by atomic mass is 10.0. The molecule has 2 aromatic rings. The van der Waals surface area contributed by atoms with Gasteiger partial charge in [-0.2, -0.15) is 0 Å². The van der Waals surface area contributed by atoms with E-state index in [2.05, 4.69) is 22.2 Å². The topological polar surface area (TPSA) is 134 Å².